The van der Waals surface area contributed by atoms with Crippen LogP contribution in [0.1, 0.15) is 38.1 Å². The Labute approximate surface area is 120 Å². The van der Waals surface area contributed by atoms with Gasteiger partial charge in [0, 0.05) is 36.2 Å². The molecule has 0 aromatic carbocycles. The fraction of sp³-hybridized carbons (Fsp3) is 0.786. The molecule has 2 atom stereocenters. The molecule has 0 aliphatic carbocycles. The fourth-order valence-corrected chi connectivity index (χ4v) is 3.74. The Morgan fingerprint density at radius 2 is 2.32 bits per heavy atom. The lowest BCUT2D eigenvalue weighted by Crippen LogP contribution is -2.37. The normalized spacial score (nSPS) is 23.4. The van der Waals surface area contributed by atoms with Crippen LogP contribution in [0, 0.1) is 0 Å². The second-order valence-electron chi connectivity index (χ2n) is 5.48. The van der Waals surface area contributed by atoms with Crippen molar-refractivity contribution in [1.82, 2.24) is 15.2 Å². The van der Waals surface area contributed by atoms with Crippen molar-refractivity contribution in [3.63, 3.8) is 0 Å². The molecule has 1 aliphatic heterocycles. The Balaban J connectivity index is 2.08. The van der Waals surface area contributed by atoms with Crippen LogP contribution in [0.5, 0.6) is 0 Å². The first-order valence-electron chi connectivity index (χ1n) is 7.26. The zero-order chi connectivity index (χ0) is 13.8. The molecule has 0 amide bonds. The smallest absolute Gasteiger partial charge is 0.185 e. The summed E-state index contributed by atoms with van der Waals surface area (Å²) in [6.07, 6.45) is 3.26. The van der Waals surface area contributed by atoms with Gasteiger partial charge in [-0.2, -0.15) is 0 Å². The topological polar surface area (TPSA) is 31.4 Å². The van der Waals surface area contributed by atoms with E-state index in [-0.39, 0.29) is 0 Å². The minimum Gasteiger partial charge on any atom is -0.344 e. The number of anilines is 1. The molecule has 1 aromatic rings. The summed E-state index contributed by atoms with van der Waals surface area (Å²) in [5.74, 6) is 0. The van der Waals surface area contributed by atoms with Gasteiger partial charge in [0.1, 0.15) is 0 Å². The third-order valence-electron chi connectivity index (χ3n) is 3.74. The van der Waals surface area contributed by atoms with E-state index in [1.807, 2.05) is 17.5 Å². The lowest BCUT2D eigenvalue weighted by Gasteiger charge is -2.27. The molecule has 1 fully saturated rings. The molecule has 19 heavy (non-hydrogen) atoms. The van der Waals surface area contributed by atoms with Crippen molar-refractivity contribution in [3.05, 3.63) is 11.1 Å². The monoisotopic (exact) mass is 282 g/mol. The third kappa shape index (κ3) is 3.68. The number of likely N-dealkylation sites (N-methyl/N-ethyl adjacent to an activating group) is 1. The lowest BCUT2D eigenvalue weighted by molar-refractivity contribution is 0.337. The van der Waals surface area contributed by atoms with Gasteiger partial charge >= 0.3 is 0 Å². The van der Waals surface area contributed by atoms with Crippen LogP contribution in [-0.2, 0) is 0 Å². The van der Waals surface area contributed by atoms with Crippen molar-refractivity contribution < 1.29 is 0 Å². The standard InChI is InChI=1S/C14H26N4S/c1-5-15-12(3)13-9-16-14(19-13)18-8-6-7-17(4)10-11(18)2/h9,11-12,15H,5-8,10H2,1-4H3. The molecular formula is C14H26N4S. The van der Waals surface area contributed by atoms with E-state index in [2.05, 4.69) is 47.9 Å². The number of aromatic nitrogens is 1. The quantitative estimate of drug-likeness (QED) is 0.918. The molecule has 1 saturated heterocycles. The largest absolute Gasteiger partial charge is 0.344 e. The molecule has 1 aliphatic rings. The van der Waals surface area contributed by atoms with Crippen LogP contribution >= 0.6 is 11.3 Å². The highest BCUT2D eigenvalue weighted by atomic mass is 32.1. The summed E-state index contributed by atoms with van der Waals surface area (Å²) in [4.78, 5) is 10.9. The fourth-order valence-electron chi connectivity index (χ4n) is 2.67. The second-order valence-corrected chi connectivity index (χ2v) is 6.52. The molecular weight excluding hydrogens is 256 g/mol. The SMILES string of the molecule is CCNC(C)c1cnc(N2CCCN(C)CC2C)s1. The van der Waals surface area contributed by atoms with E-state index >= 15 is 0 Å². The van der Waals surface area contributed by atoms with Crippen molar-refractivity contribution in [2.45, 2.75) is 39.3 Å². The summed E-state index contributed by atoms with van der Waals surface area (Å²) in [5.41, 5.74) is 0. The number of nitrogens with one attached hydrogen (secondary N) is 1. The number of hydrogen-bond acceptors (Lipinski definition) is 5. The van der Waals surface area contributed by atoms with Gasteiger partial charge < -0.3 is 15.1 Å². The van der Waals surface area contributed by atoms with E-state index < -0.39 is 0 Å². The van der Waals surface area contributed by atoms with Crippen molar-refractivity contribution >= 4 is 16.5 Å². The van der Waals surface area contributed by atoms with E-state index in [1.54, 1.807) is 0 Å². The van der Waals surface area contributed by atoms with E-state index in [0.29, 0.717) is 12.1 Å². The average molecular weight is 282 g/mol. The molecule has 1 N–H and O–H groups in total. The maximum absolute atomic E-state index is 4.65. The first kappa shape index (κ1) is 14.8. The molecule has 0 radical (unpaired) electrons. The minimum atomic E-state index is 0.404. The van der Waals surface area contributed by atoms with Crippen LogP contribution in [0.2, 0.25) is 0 Å². The molecule has 0 bridgehead atoms. The number of hydrogen-bond donors (Lipinski definition) is 1. The zero-order valence-corrected chi connectivity index (χ0v) is 13.3. The highest BCUT2D eigenvalue weighted by molar-refractivity contribution is 7.15. The van der Waals surface area contributed by atoms with Crippen molar-refractivity contribution in [1.29, 1.82) is 0 Å². The molecule has 4 nitrogen and oxygen atoms in total. The Morgan fingerprint density at radius 1 is 1.53 bits per heavy atom. The molecule has 2 heterocycles. The number of nitrogens with zero attached hydrogens (tertiary/aromatic N) is 3. The molecule has 0 saturated carbocycles. The van der Waals surface area contributed by atoms with E-state index in [9.17, 15) is 0 Å². The van der Waals surface area contributed by atoms with Crippen LogP contribution in [0.15, 0.2) is 6.20 Å². The van der Waals surface area contributed by atoms with Gasteiger partial charge in [0.15, 0.2) is 5.13 Å². The number of thiazole rings is 1. The zero-order valence-electron chi connectivity index (χ0n) is 12.5. The highest BCUT2D eigenvalue weighted by Crippen LogP contribution is 2.29. The van der Waals surface area contributed by atoms with Gasteiger partial charge in [-0.25, -0.2) is 4.98 Å². The predicted molar refractivity (Wildman–Crippen MR) is 83.1 cm³/mol. The number of rotatable bonds is 4. The lowest BCUT2D eigenvalue weighted by atomic mass is 10.3. The van der Waals surface area contributed by atoms with Crippen LogP contribution < -0.4 is 10.2 Å². The van der Waals surface area contributed by atoms with Crippen molar-refractivity contribution in [3.8, 4) is 0 Å². The van der Waals surface area contributed by atoms with Crippen LogP contribution in [0.25, 0.3) is 0 Å². The van der Waals surface area contributed by atoms with Gasteiger partial charge in [-0.15, -0.1) is 11.3 Å². The highest BCUT2D eigenvalue weighted by Gasteiger charge is 2.22. The van der Waals surface area contributed by atoms with Crippen molar-refractivity contribution in [2.24, 2.45) is 0 Å². The summed E-state index contributed by atoms with van der Waals surface area (Å²) < 4.78 is 0. The molecule has 108 valence electrons. The summed E-state index contributed by atoms with van der Waals surface area (Å²) in [6, 6.07) is 0.946. The van der Waals surface area contributed by atoms with E-state index in [1.165, 1.54) is 23.0 Å². The first-order chi connectivity index (χ1) is 9.11. The van der Waals surface area contributed by atoms with Gasteiger partial charge in [0.05, 0.1) is 0 Å². The van der Waals surface area contributed by atoms with E-state index in [0.717, 1.165) is 19.6 Å². The van der Waals surface area contributed by atoms with Gasteiger partial charge in [0.25, 0.3) is 0 Å². The summed E-state index contributed by atoms with van der Waals surface area (Å²) in [7, 11) is 2.21. The molecule has 0 spiro atoms. The average Bonchev–Trinajstić information content (AvgIpc) is 2.77. The Bertz CT molecular complexity index is 393. The maximum atomic E-state index is 4.65. The van der Waals surface area contributed by atoms with Crippen LogP contribution in [0.4, 0.5) is 5.13 Å². The molecule has 5 heteroatoms. The van der Waals surface area contributed by atoms with Crippen LogP contribution in [0.3, 0.4) is 0 Å². The van der Waals surface area contributed by atoms with E-state index in [4.69, 9.17) is 0 Å². The Hall–Kier alpha value is -0.650. The third-order valence-corrected chi connectivity index (χ3v) is 4.96. The summed E-state index contributed by atoms with van der Waals surface area (Å²) in [6.45, 7) is 11.1. The Morgan fingerprint density at radius 3 is 3.05 bits per heavy atom. The second kappa shape index (κ2) is 6.68. The molecule has 2 rings (SSSR count). The summed E-state index contributed by atoms with van der Waals surface area (Å²) in [5, 5.41) is 4.64. The molecule has 2 unspecified atom stereocenters. The van der Waals surface area contributed by atoms with Gasteiger partial charge in [-0.1, -0.05) is 6.92 Å². The van der Waals surface area contributed by atoms with Crippen molar-refractivity contribution in [2.75, 3.05) is 38.1 Å². The van der Waals surface area contributed by atoms with Gasteiger partial charge in [-0.05, 0) is 40.4 Å². The van der Waals surface area contributed by atoms with Crippen LogP contribution in [-0.4, -0.2) is 49.2 Å². The summed E-state index contributed by atoms with van der Waals surface area (Å²) >= 11 is 1.84. The van der Waals surface area contributed by atoms with Gasteiger partial charge in [-0.3, -0.25) is 0 Å². The first-order valence-corrected chi connectivity index (χ1v) is 8.07. The van der Waals surface area contributed by atoms with Gasteiger partial charge in [0.2, 0.25) is 0 Å². The minimum absolute atomic E-state index is 0.404. The Kier molecular flexibility index (Phi) is 5.19. The predicted octanol–water partition coefficient (Wildman–Crippen LogP) is 2.34. The molecule has 1 aromatic heterocycles. The maximum Gasteiger partial charge on any atom is 0.185 e.